The number of halogens is 1. The molecule has 0 spiro atoms. The molecule has 1 aromatic rings. The Morgan fingerprint density at radius 2 is 1.93 bits per heavy atom. The van der Waals surface area contributed by atoms with Crippen LogP contribution < -0.4 is 0 Å². The Morgan fingerprint density at radius 1 is 1.36 bits per heavy atom. The van der Waals surface area contributed by atoms with E-state index < -0.39 is 15.0 Å². The van der Waals surface area contributed by atoms with Crippen LogP contribution in [-0.2, 0) is 14.6 Å². The molecule has 0 unspecified atom stereocenters. The molecule has 1 aromatic carbocycles. The van der Waals surface area contributed by atoms with E-state index in [1.54, 1.807) is 6.92 Å². The Balaban J connectivity index is 3.36. The van der Waals surface area contributed by atoms with E-state index in [1.165, 1.54) is 18.2 Å². The number of rotatable bonds is 1. The lowest BCUT2D eigenvalue weighted by atomic mass is 10.2. The number of hydrogen-bond acceptors (Lipinski definition) is 3. The summed E-state index contributed by atoms with van der Waals surface area (Å²) in [5.74, 6) is 0. The largest absolute Gasteiger partial charge is 0.282 e. The van der Waals surface area contributed by atoms with Gasteiger partial charge in [0.25, 0.3) is 0 Å². The zero-order chi connectivity index (χ0) is 10.9. The second kappa shape index (κ2) is 3.71. The average molecular weight is 233 g/mol. The van der Waals surface area contributed by atoms with Crippen molar-refractivity contribution >= 4 is 26.6 Å². The second-order valence-corrected chi connectivity index (χ2v) is 5.37. The van der Waals surface area contributed by atoms with Gasteiger partial charge in [-0.25, -0.2) is 8.42 Å². The predicted molar refractivity (Wildman–Crippen MR) is 54.1 cm³/mol. The molecule has 0 aliphatic heterocycles. The monoisotopic (exact) mass is 232 g/mol. The van der Waals surface area contributed by atoms with Gasteiger partial charge in [-0.1, -0.05) is 11.6 Å². The highest BCUT2D eigenvalue weighted by atomic mass is 35.5. The lowest BCUT2D eigenvalue weighted by molar-refractivity contribution is -0.109. The zero-order valence-electron chi connectivity index (χ0n) is 7.74. The van der Waals surface area contributed by atoms with Gasteiger partial charge < -0.3 is 0 Å². The van der Waals surface area contributed by atoms with Gasteiger partial charge in [0, 0.05) is 11.9 Å². The van der Waals surface area contributed by atoms with Crippen molar-refractivity contribution in [2.75, 3.05) is 0 Å². The molecule has 0 aromatic heterocycles. The molecule has 0 atom stereocenters. The fourth-order valence-electron chi connectivity index (χ4n) is 0.950. The number of carbonyl (C=O) groups is 1. The smallest absolute Gasteiger partial charge is 0.248 e. The van der Waals surface area contributed by atoms with Crippen LogP contribution in [0.4, 0.5) is 0 Å². The Labute approximate surface area is 87.6 Å². The summed E-state index contributed by atoms with van der Waals surface area (Å²) in [6, 6.07) is 4.18. The van der Waals surface area contributed by atoms with E-state index in [1.807, 2.05) is 0 Å². The summed E-state index contributed by atoms with van der Waals surface area (Å²) in [4.78, 5) is 10.8. The van der Waals surface area contributed by atoms with Crippen molar-refractivity contribution in [3.8, 4) is 0 Å². The number of hydrogen-bond donors (Lipinski definition) is 0. The van der Waals surface area contributed by atoms with Crippen molar-refractivity contribution in [1.82, 2.24) is 0 Å². The van der Waals surface area contributed by atoms with Crippen LogP contribution >= 0.6 is 11.6 Å². The van der Waals surface area contributed by atoms with E-state index in [2.05, 4.69) is 0 Å². The predicted octanol–water partition coefficient (Wildman–Crippen LogP) is 1.97. The third-order valence-electron chi connectivity index (χ3n) is 1.82. The van der Waals surface area contributed by atoms with Crippen molar-refractivity contribution < 1.29 is 13.2 Å². The Hall–Kier alpha value is -0.870. The first-order valence-electron chi connectivity index (χ1n) is 3.87. The molecule has 0 saturated carbocycles. The molecule has 0 bridgehead atoms. The molecule has 0 aliphatic carbocycles. The van der Waals surface area contributed by atoms with E-state index >= 15 is 0 Å². The summed E-state index contributed by atoms with van der Waals surface area (Å²) in [5.41, 5.74) is 0.633. The van der Waals surface area contributed by atoms with E-state index in [-0.39, 0.29) is 4.90 Å². The van der Waals surface area contributed by atoms with Crippen LogP contribution in [0, 0.1) is 6.92 Å². The van der Waals surface area contributed by atoms with Crippen molar-refractivity contribution in [1.29, 1.82) is 0 Å². The van der Waals surface area contributed by atoms with Gasteiger partial charge in [0.15, 0.2) is 0 Å². The van der Waals surface area contributed by atoms with Gasteiger partial charge in [-0.05, 0) is 30.7 Å². The molecule has 5 heteroatoms. The minimum absolute atomic E-state index is 0.00750. The summed E-state index contributed by atoms with van der Waals surface area (Å²) < 4.78 is 22.8. The van der Waals surface area contributed by atoms with Crippen LogP contribution in [0.2, 0.25) is 5.02 Å². The summed E-state index contributed by atoms with van der Waals surface area (Å²) in [6.07, 6.45) is 0. The fraction of sp³-hybridized carbons (Fsp3) is 0.222. The van der Waals surface area contributed by atoms with Gasteiger partial charge in [-0.2, -0.15) is 0 Å². The Morgan fingerprint density at radius 3 is 2.36 bits per heavy atom. The molecular formula is C9H9ClO3S. The molecule has 0 radical (unpaired) electrons. The SMILES string of the molecule is CC(=O)S(=O)(=O)c1ccc(Cl)c(C)c1. The van der Waals surface area contributed by atoms with Crippen molar-refractivity contribution in [2.45, 2.75) is 18.7 Å². The third kappa shape index (κ3) is 1.96. The van der Waals surface area contributed by atoms with E-state index in [9.17, 15) is 13.2 Å². The number of benzene rings is 1. The van der Waals surface area contributed by atoms with Crippen LogP contribution in [0.3, 0.4) is 0 Å². The molecule has 3 nitrogen and oxygen atoms in total. The van der Waals surface area contributed by atoms with Crippen molar-refractivity contribution in [3.63, 3.8) is 0 Å². The molecule has 0 fully saturated rings. The third-order valence-corrected chi connectivity index (χ3v) is 3.87. The molecule has 0 saturated heterocycles. The van der Waals surface area contributed by atoms with E-state index in [4.69, 9.17) is 11.6 Å². The number of aryl methyl sites for hydroxylation is 1. The van der Waals surface area contributed by atoms with Crippen molar-refractivity contribution in [3.05, 3.63) is 28.8 Å². The van der Waals surface area contributed by atoms with Gasteiger partial charge >= 0.3 is 0 Å². The summed E-state index contributed by atoms with van der Waals surface area (Å²) in [6.45, 7) is 2.71. The van der Waals surface area contributed by atoms with Gasteiger partial charge in [0.05, 0.1) is 4.90 Å². The highest BCUT2D eigenvalue weighted by molar-refractivity contribution is 8.06. The van der Waals surface area contributed by atoms with E-state index in [0.29, 0.717) is 10.6 Å². The Bertz CT molecular complexity index is 477. The fourth-order valence-corrected chi connectivity index (χ4v) is 1.98. The van der Waals surface area contributed by atoms with E-state index in [0.717, 1.165) is 6.92 Å². The van der Waals surface area contributed by atoms with Gasteiger partial charge in [0.2, 0.25) is 15.0 Å². The topological polar surface area (TPSA) is 51.2 Å². The highest BCUT2D eigenvalue weighted by Crippen LogP contribution is 2.20. The summed E-state index contributed by atoms with van der Waals surface area (Å²) in [7, 11) is -3.81. The minimum Gasteiger partial charge on any atom is -0.282 e. The molecule has 0 N–H and O–H groups in total. The molecule has 0 aliphatic rings. The average Bonchev–Trinajstić information content (AvgIpc) is 2.09. The molecular weight excluding hydrogens is 224 g/mol. The first-order valence-corrected chi connectivity index (χ1v) is 5.73. The van der Waals surface area contributed by atoms with Crippen LogP contribution in [0.5, 0.6) is 0 Å². The zero-order valence-corrected chi connectivity index (χ0v) is 9.32. The maximum absolute atomic E-state index is 11.4. The number of sulfone groups is 1. The lowest BCUT2D eigenvalue weighted by Gasteiger charge is -2.02. The van der Waals surface area contributed by atoms with Gasteiger partial charge in [0.1, 0.15) is 0 Å². The first kappa shape index (κ1) is 11.2. The highest BCUT2D eigenvalue weighted by Gasteiger charge is 2.20. The molecule has 14 heavy (non-hydrogen) atoms. The first-order chi connectivity index (χ1) is 6.35. The van der Waals surface area contributed by atoms with Crippen molar-refractivity contribution in [2.24, 2.45) is 0 Å². The van der Waals surface area contributed by atoms with Gasteiger partial charge in [-0.3, -0.25) is 4.79 Å². The standard InChI is InChI=1S/C9H9ClO3S/c1-6-5-8(3-4-9(6)10)14(12,13)7(2)11/h3-5H,1-2H3. The summed E-state index contributed by atoms with van der Waals surface area (Å²) >= 11 is 5.73. The van der Waals surface area contributed by atoms with Crippen LogP contribution in [0.15, 0.2) is 23.1 Å². The molecule has 1 rings (SSSR count). The normalized spacial score (nSPS) is 11.4. The molecule has 0 heterocycles. The second-order valence-electron chi connectivity index (χ2n) is 2.91. The minimum atomic E-state index is -3.81. The molecule has 76 valence electrons. The Kier molecular flexibility index (Phi) is 2.97. The summed E-state index contributed by atoms with van der Waals surface area (Å²) in [5, 5.41) is -0.383. The molecule has 0 amide bonds. The maximum atomic E-state index is 11.4. The van der Waals surface area contributed by atoms with Crippen LogP contribution in [-0.4, -0.2) is 13.5 Å². The number of carbonyl (C=O) groups excluding carboxylic acids is 1. The van der Waals surface area contributed by atoms with Crippen LogP contribution in [0.1, 0.15) is 12.5 Å². The maximum Gasteiger partial charge on any atom is 0.248 e. The van der Waals surface area contributed by atoms with Crippen LogP contribution in [0.25, 0.3) is 0 Å². The quantitative estimate of drug-likeness (QED) is 0.744. The van der Waals surface area contributed by atoms with Gasteiger partial charge in [-0.15, -0.1) is 0 Å². The lowest BCUT2D eigenvalue weighted by Crippen LogP contribution is -2.10.